The standard InChI is InChI=1S/C15H14O2/c1-11-6-5-9-13(16)15(11)14(17)10-12-7-3-2-4-8-12/h2-9,16H,10H2,1H3. The predicted octanol–water partition coefficient (Wildman–Crippen LogP) is 3.13. The van der Waals surface area contributed by atoms with E-state index >= 15 is 0 Å². The van der Waals surface area contributed by atoms with E-state index in [0.717, 1.165) is 11.1 Å². The van der Waals surface area contributed by atoms with Gasteiger partial charge >= 0.3 is 0 Å². The number of carbonyl (C=O) groups is 1. The van der Waals surface area contributed by atoms with E-state index in [9.17, 15) is 9.90 Å². The highest BCUT2D eigenvalue weighted by atomic mass is 16.3. The second-order valence-corrected chi connectivity index (χ2v) is 4.05. The van der Waals surface area contributed by atoms with E-state index in [0.29, 0.717) is 12.0 Å². The van der Waals surface area contributed by atoms with Gasteiger partial charge in [-0.05, 0) is 24.1 Å². The molecule has 0 aromatic heterocycles. The zero-order chi connectivity index (χ0) is 12.3. The average molecular weight is 226 g/mol. The second-order valence-electron chi connectivity index (χ2n) is 4.05. The molecule has 0 radical (unpaired) electrons. The number of phenolic OH excluding ortho intramolecular Hbond substituents is 1. The van der Waals surface area contributed by atoms with Crippen LogP contribution in [0.25, 0.3) is 0 Å². The van der Waals surface area contributed by atoms with Crippen LogP contribution in [0.1, 0.15) is 21.5 Å². The summed E-state index contributed by atoms with van der Waals surface area (Å²) in [5, 5.41) is 9.72. The minimum Gasteiger partial charge on any atom is -0.507 e. The van der Waals surface area contributed by atoms with Gasteiger partial charge in [-0.15, -0.1) is 0 Å². The van der Waals surface area contributed by atoms with E-state index in [2.05, 4.69) is 0 Å². The van der Waals surface area contributed by atoms with Crippen molar-refractivity contribution in [3.63, 3.8) is 0 Å². The first-order chi connectivity index (χ1) is 8.18. The van der Waals surface area contributed by atoms with Crippen molar-refractivity contribution in [3.05, 3.63) is 65.2 Å². The van der Waals surface area contributed by atoms with Crippen molar-refractivity contribution in [2.75, 3.05) is 0 Å². The maximum atomic E-state index is 12.1. The van der Waals surface area contributed by atoms with Crippen LogP contribution in [0.4, 0.5) is 0 Å². The summed E-state index contributed by atoms with van der Waals surface area (Å²) in [6, 6.07) is 14.7. The fraction of sp³-hybridized carbons (Fsp3) is 0.133. The van der Waals surface area contributed by atoms with Crippen molar-refractivity contribution in [3.8, 4) is 5.75 Å². The van der Waals surface area contributed by atoms with E-state index in [4.69, 9.17) is 0 Å². The van der Waals surface area contributed by atoms with Crippen LogP contribution < -0.4 is 0 Å². The number of Topliss-reactive ketones (excluding diaryl/α,β-unsaturated/α-hetero) is 1. The van der Waals surface area contributed by atoms with Gasteiger partial charge in [0.1, 0.15) is 5.75 Å². The van der Waals surface area contributed by atoms with Crippen molar-refractivity contribution in [2.24, 2.45) is 0 Å². The Balaban J connectivity index is 2.27. The molecule has 2 aromatic carbocycles. The van der Waals surface area contributed by atoms with Crippen LogP contribution >= 0.6 is 0 Å². The molecule has 0 aliphatic carbocycles. The fourth-order valence-corrected chi connectivity index (χ4v) is 1.88. The molecule has 2 heteroatoms. The van der Waals surface area contributed by atoms with Crippen LogP contribution in [0.3, 0.4) is 0 Å². The van der Waals surface area contributed by atoms with Gasteiger partial charge in [0.15, 0.2) is 5.78 Å². The van der Waals surface area contributed by atoms with E-state index in [1.165, 1.54) is 0 Å². The third kappa shape index (κ3) is 2.53. The van der Waals surface area contributed by atoms with Gasteiger partial charge in [-0.2, -0.15) is 0 Å². The van der Waals surface area contributed by atoms with Gasteiger partial charge in [-0.3, -0.25) is 4.79 Å². The van der Waals surface area contributed by atoms with Gasteiger partial charge in [0.2, 0.25) is 0 Å². The van der Waals surface area contributed by atoms with E-state index in [-0.39, 0.29) is 11.5 Å². The Bertz CT molecular complexity index is 510. The monoisotopic (exact) mass is 226 g/mol. The lowest BCUT2D eigenvalue weighted by Gasteiger charge is -2.07. The van der Waals surface area contributed by atoms with Crippen LogP contribution in [0, 0.1) is 6.92 Å². The molecular formula is C15H14O2. The highest BCUT2D eigenvalue weighted by Crippen LogP contribution is 2.22. The molecule has 2 nitrogen and oxygen atoms in total. The SMILES string of the molecule is Cc1cccc(O)c1C(=O)Cc1ccccc1. The van der Waals surface area contributed by atoms with Crippen molar-refractivity contribution in [1.82, 2.24) is 0 Å². The molecule has 0 heterocycles. The van der Waals surface area contributed by atoms with Gasteiger partial charge in [-0.1, -0.05) is 42.5 Å². The number of hydrogen-bond acceptors (Lipinski definition) is 2. The number of ketones is 1. The normalized spacial score (nSPS) is 10.2. The van der Waals surface area contributed by atoms with Crippen LogP contribution in [0.15, 0.2) is 48.5 Å². The highest BCUT2D eigenvalue weighted by molar-refractivity contribution is 6.01. The van der Waals surface area contributed by atoms with Crippen molar-refractivity contribution in [1.29, 1.82) is 0 Å². The lowest BCUT2D eigenvalue weighted by Crippen LogP contribution is -2.05. The molecule has 1 N–H and O–H groups in total. The predicted molar refractivity (Wildman–Crippen MR) is 67.3 cm³/mol. The molecule has 0 unspecified atom stereocenters. The Hall–Kier alpha value is -2.09. The molecule has 17 heavy (non-hydrogen) atoms. The lowest BCUT2D eigenvalue weighted by molar-refractivity contribution is 0.0990. The Morgan fingerprint density at radius 2 is 1.76 bits per heavy atom. The summed E-state index contributed by atoms with van der Waals surface area (Å²) in [5.74, 6) is 0.0118. The summed E-state index contributed by atoms with van der Waals surface area (Å²) in [6.45, 7) is 1.83. The fourth-order valence-electron chi connectivity index (χ4n) is 1.88. The topological polar surface area (TPSA) is 37.3 Å². The van der Waals surface area contributed by atoms with Crippen molar-refractivity contribution in [2.45, 2.75) is 13.3 Å². The average Bonchev–Trinajstić information content (AvgIpc) is 2.30. The maximum Gasteiger partial charge on any atom is 0.171 e. The number of hydrogen-bond donors (Lipinski definition) is 1. The molecule has 2 rings (SSSR count). The molecular weight excluding hydrogens is 212 g/mol. The van der Waals surface area contributed by atoms with Gasteiger partial charge in [0, 0.05) is 6.42 Å². The second kappa shape index (κ2) is 4.83. The Kier molecular flexibility index (Phi) is 3.24. The Labute approximate surface area is 101 Å². The number of rotatable bonds is 3. The largest absolute Gasteiger partial charge is 0.507 e. The molecule has 0 atom stereocenters. The zero-order valence-electron chi connectivity index (χ0n) is 9.68. The van der Waals surface area contributed by atoms with Crippen molar-refractivity contribution < 1.29 is 9.90 Å². The summed E-state index contributed by atoms with van der Waals surface area (Å²) in [6.07, 6.45) is 0.319. The van der Waals surface area contributed by atoms with Crippen LogP contribution in [0.2, 0.25) is 0 Å². The van der Waals surface area contributed by atoms with E-state index < -0.39 is 0 Å². The summed E-state index contributed by atoms with van der Waals surface area (Å²) in [4.78, 5) is 12.1. The molecule has 0 spiro atoms. The Morgan fingerprint density at radius 3 is 2.41 bits per heavy atom. The Morgan fingerprint density at radius 1 is 1.06 bits per heavy atom. The quantitative estimate of drug-likeness (QED) is 0.816. The van der Waals surface area contributed by atoms with Crippen LogP contribution in [-0.2, 0) is 6.42 Å². The number of aryl methyl sites for hydroxylation is 1. The first-order valence-corrected chi connectivity index (χ1v) is 5.54. The molecule has 86 valence electrons. The molecule has 0 amide bonds. The number of aromatic hydroxyl groups is 1. The summed E-state index contributed by atoms with van der Waals surface area (Å²) < 4.78 is 0. The first-order valence-electron chi connectivity index (χ1n) is 5.54. The number of benzene rings is 2. The smallest absolute Gasteiger partial charge is 0.171 e. The van der Waals surface area contributed by atoms with Gasteiger partial charge in [0.05, 0.1) is 5.56 Å². The van der Waals surface area contributed by atoms with Gasteiger partial charge < -0.3 is 5.11 Å². The van der Waals surface area contributed by atoms with E-state index in [1.54, 1.807) is 12.1 Å². The van der Waals surface area contributed by atoms with Crippen LogP contribution in [0.5, 0.6) is 5.75 Å². The molecule has 0 saturated carbocycles. The van der Waals surface area contributed by atoms with Crippen molar-refractivity contribution >= 4 is 5.78 Å². The molecule has 0 aliphatic heterocycles. The third-order valence-corrected chi connectivity index (χ3v) is 2.74. The third-order valence-electron chi connectivity index (χ3n) is 2.74. The van der Waals surface area contributed by atoms with Gasteiger partial charge in [-0.25, -0.2) is 0 Å². The maximum absolute atomic E-state index is 12.1. The number of phenols is 1. The minimum absolute atomic E-state index is 0.0493. The molecule has 0 saturated heterocycles. The first kappa shape index (κ1) is 11.4. The summed E-state index contributed by atoms with van der Waals surface area (Å²) >= 11 is 0. The molecule has 0 bridgehead atoms. The van der Waals surface area contributed by atoms with Gasteiger partial charge in [0.25, 0.3) is 0 Å². The van der Waals surface area contributed by atoms with E-state index in [1.807, 2.05) is 43.3 Å². The molecule has 0 aliphatic rings. The van der Waals surface area contributed by atoms with Crippen LogP contribution in [-0.4, -0.2) is 10.9 Å². The minimum atomic E-state index is -0.0493. The zero-order valence-corrected chi connectivity index (χ0v) is 9.68. The molecule has 0 fully saturated rings. The summed E-state index contributed by atoms with van der Waals surface area (Å²) in [5.41, 5.74) is 2.20. The lowest BCUT2D eigenvalue weighted by atomic mass is 9.98. The number of carbonyl (C=O) groups excluding carboxylic acids is 1. The molecule has 2 aromatic rings. The summed E-state index contributed by atoms with van der Waals surface area (Å²) in [7, 11) is 0. The highest BCUT2D eigenvalue weighted by Gasteiger charge is 2.13.